The number of ether oxygens (including phenoxy) is 1. The van der Waals surface area contributed by atoms with Crippen molar-refractivity contribution < 1.29 is 13.6 Å². The van der Waals surface area contributed by atoms with Gasteiger partial charge in [-0.2, -0.15) is 0 Å². The van der Waals surface area contributed by atoms with Crippen LogP contribution in [0.25, 0.3) is 21.9 Å². The minimum Gasteiger partial charge on any atom is -0.468 e. The van der Waals surface area contributed by atoms with E-state index in [-0.39, 0.29) is 23.0 Å². The van der Waals surface area contributed by atoms with Gasteiger partial charge in [0.25, 0.3) is 0 Å². The minimum absolute atomic E-state index is 0.00394. The number of nitrogens with zero attached hydrogens (tertiary/aromatic N) is 2. The maximum atomic E-state index is 7.22. The Morgan fingerprint density at radius 3 is 1.59 bits per heavy atom. The molecule has 5 nitrogen and oxygen atoms in total. The molecule has 2 aromatic heterocycles. The number of rotatable bonds is 4. The van der Waals surface area contributed by atoms with Crippen LogP contribution in [0, 0.1) is 0 Å². The summed E-state index contributed by atoms with van der Waals surface area (Å²) in [6.45, 7) is 20.0. The third-order valence-electron chi connectivity index (χ3n) is 12.0. The van der Waals surface area contributed by atoms with Gasteiger partial charge in [0, 0.05) is 39.7 Å². The molecule has 6 aromatic carbocycles. The predicted molar refractivity (Wildman–Crippen MR) is 243 cm³/mol. The second-order valence-corrected chi connectivity index (χ2v) is 19.1. The highest BCUT2D eigenvalue weighted by atomic mass is 16.5. The molecule has 0 saturated heterocycles. The van der Waals surface area contributed by atoms with Gasteiger partial charge in [-0.25, -0.2) is 0 Å². The second kappa shape index (κ2) is 12.7. The Morgan fingerprint density at radius 1 is 0.500 bits per heavy atom. The molecule has 0 N–H and O–H groups in total. The first-order valence-corrected chi connectivity index (χ1v) is 20.5. The average molecular weight is 761 g/mol. The minimum atomic E-state index is -0.347. The highest BCUT2D eigenvalue weighted by Crippen LogP contribution is 2.49. The molecule has 2 aliphatic heterocycles. The highest BCUT2D eigenvalue weighted by Gasteiger charge is 2.49. The Morgan fingerprint density at radius 2 is 1.02 bits per heavy atom. The summed E-state index contributed by atoms with van der Waals surface area (Å²) in [5, 5.41) is 2.04. The molecule has 0 unspecified atom stereocenters. The van der Waals surface area contributed by atoms with E-state index in [0.29, 0.717) is 0 Å². The van der Waals surface area contributed by atoms with Crippen molar-refractivity contribution in [2.45, 2.75) is 78.6 Å². The zero-order valence-electron chi connectivity index (χ0n) is 34.9. The largest absolute Gasteiger partial charge is 0.468 e. The maximum absolute atomic E-state index is 7.22. The van der Waals surface area contributed by atoms with Crippen molar-refractivity contribution in [3.63, 3.8) is 0 Å². The van der Waals surface area contributed by atoms with Gasteiger partial charge >= 0.3 is 6.71 Å². The number of para-hydroxylation sites is 2. The van der Waals surface area contributed by atoms with Crippen LogP contribution in [0.1, 0.15) is 79.0 Å². The molecule has 0 bridgehead atoms. The zero-order valence-corrected chi connectivity index (χ0v) is 34.9. The molecule has 6 heteroatoms. The van der Waals surface area contributed by atoms with Crippen LogP contribution < -0.4 is 31.3 Å². The summed E-state index contributed by atoms with van der Waals surface area (Å²) in [5.74, 6) is 1.53. The zero-order chi connectivity index (χ0) is 40.3. The summed E-state index contributed by atoms with van der Waals surface area (Å²) < 4.78 is 21.3. The van der Waals surface area contributed by atoms with E-state index in [9.17, 15) is 0 Å². The van der Waals surface area contributed by atoms with Gasteiger partial charge in [0.1, 0.15) is 28.2 Å². The Labute approximate surface area is 341 Å². The average Bonchev–Trinajstić information content (AvgIpc) is 3.76. The maximum Gasteiger partial charge on any atom is 0.346 e. The first kappa shape index (κ1) is 36.2. The van der Waals surface area contributed by atoms with Crippen molar-refractivity contribution in [1.29, 1.82) is 0 Å². The molecule has 4 heterocycles. The van der Waals surface area contributed by atoms with E-state index in [4.69, 9.17) is 13.6 Å². The fourth-order valence-corrected chi connectivity index (χ4v) is 8.73. The van der Waals surface area contributed by atoms with Crippen molar-refractivity contribution in [2.24, 2.45) is 0 Å². The number of benzene rings is 6. The summed E-state index contributed by atoms with van der Waals surface area (Å²) >= 11 is 0. The van der Waals surface area contributed by atoms with Crippen molar-refractivity contribution in [2.75, 3.05) is 9.80 Å². The lowest BCUT2D eigenvalue weighted by molar-refractivity contribution is 0.481. The first-order valence-electron chi connectivity index (χ1n) is 20.5. The van der Waals surface area contributed by atoms with Crippen LogP contribution in [0.2, 0.25) is 0 Å². The fourth-order valence-electron chi connectivity index (χ4n) is 8.73. The lowest BCUT2D eigenvalue weighted by Crippen LogP contribution is -2.58. The summed E-state index contributed by atoms with van der Waals surface area (Å²) in [7, 11) is 0. The first-order chi connectivity index (χ1) is 27.6. The molecule has 0 amide bonds. The fraction of sp³-hybridized carbons (Fsp3) is 0.231. The van der Waals surface area contributed by atoms with E-state index >= 15 is 0 Å². The standard InChI is InChI=1S/C52H49BN2O3/c1-50(2,3)32-20-24-37(25-21-32)55-41-30-38(54(35-16-12-10-13-17-35)36-18-14-11-15-19-36)31-44-45(41)53(48-46(55)39-28-33(51(4,5)6)22-26-42(39)57-48)49-47(56-44)40-29-34(52(7,8)9)23-27-43(40)58-49/h10-31H,1-9H3. The topological polar surface area (TPSA) is 42.0 Å². The number of hydrogen-bond acceptors (Lipinski definition) is 5. The van der Waals surface area contributed by atoms with Crippen molar-refractivity contribution in [3.05, 3.63) is 150 Å². The molecule has 58 heavy (non-hydrogen) atoms. The Balaban J connectivity index is 1.32. The molecule has 10 rings (SSSR count). The van der Waals surface area contributed by atoms with Gasteiger partial charge in [-0.05, 0) is 99.7 Å². The number of hydrogen-bond donors (Lipinski definition) is 0. The van der Waals surface area contributed by atoms with E-state index in [1.807, 2.05) is 0 Å². The summed E-state index contributed by atoms with van der Waals surface area (Å²) in [6, 6.07) is 47.9. The third kappa shape index (κ3) is 5.75. The number of anilines is 6. The van der Waals surface area contributed by atoms with Crippen LogP contribution in [0.5, 0.6) is 11.5 Å². The molecule has 8 aromatic rings. The van der Waals surface area contributed by atoms with Crippen LogP contribution in [0.15, 0.2) is 142 Å². The summed E-state index contributed by atoms with van der Waals surface area (Å²) in [4.78, 5) is 4.72. The Kier molecular flexibility index (Phi) is 7.92. The molecule has 0 saturated carbocycles. The smallest absolute Gasteiger partial charge is 0.346 e. The quantitative estimate of drug-likeness (QED) is 0.167. The molecule has 288 valence electrons. The molecular weight excluding hydrogens is 711 g/mol. The van der Waals surface area contributed by atoms with Gasteiger partial charge in [0.05, 0.1) is 16.8 Å². The Bertz CT molecular complexity index is 2830. The number of furan rings is 2. The lowest BCUT2D eigenvalue weighted by Gasteiger charge is -2.38. The van der Waals surface area contributed by atoms with E-state index in [2.05, 4.69) is 206 Å². The van der Waals surface area contributed by atoms with Crippen LogP contribution in [-0.2, 0) is 16.2 Å². The Hall–Kier alpha value is -6.14. The van der Waals surface area contributed by atoms with Crippen LogP contribution in [0.3, 0.4) is 0 Å². The van der Waals surface area contributed by atoms with Crippen LogP contribution >= 0.6 is 0 Å². The molecule has 0 spiro atoms. The lowest BCUT2D eigenvalue weighted by atomic mass is 9.38. The van der Waals surface area contributed by atoms with Gasteiger partial charge in [-0.1, -0.05) is 123 Å². The monoisotopic (exact) mass is 760 g/mol. The van der Waals surface area contributed by atoms with Crippen LogP contribution in [0.4, 0.5) is 34.1 Å². The van der Waals surface area contributed by atoms with Gasteiger partial charge in [-0.15, -0.1) is 0 Å². The molecule has 0 fully saturated rings. The van der Waals surface area contributed by atoms with Crippen LogP contribution in [-0.4, -0.2) is 6.71 Å². The highest BCUT2D eigenvalue weighted by molar-refractivity contribution is 6.98. The molecule has 0 radical (unpaired) electrons. The SMILES string of the molecule is CC(C)(C)c1ccc(N2c3cc(N(c4ccccc4)c4ccccc4)cc4c3B(c3oc5ccc(C(C)(C)C)cc5c3O4)c3oc4ccc(C(C)(C)C)cc4c32)cc1. The third-order valence-corrected chi connectivity index (χ3v) is 12.0. The van der Waals surface area contributed by atoms with Gasteiger partial charge in [0.2, 0.25) is 0 Å². The molecular formula is C52H49BN2O3. The summed E-state index contributed by atoms with van der Waals surface area (Å²) in [5.41, 5.74) is 14.1. The van der Waals surface area contributed by atoms with Gasteiger partial charge in [-0.3, -0.25) is 0 Å². The van der Waals surface area contributed by atoms with Crippen molar-refractivity contribution in [3.8, 4) is 11.5 Å². The molecule has 0 atom stereocenters. The molecule has 0 aliphatic carbocycles. The second-order valence-electron chi connectivity index (χ2n) is 19.1. The van der Waals surface area contributed by atoms with Crippen molar-refractivity contribution in [1.82, 2.24) is 0 Å². The van der Waals surface area contributed by atoms with Gasteiger partial charge < -0.3 is 23.4 Å². The van der Waals surface area contributed by atoms with Crippen molar-refractivity contribution >= 4 is 79.6 Å². The number of fused-ring (bicyclic) bond motifs is 8. The van der Waals surface area contributed by atoms with E-state index < -0.39 is 0 Å². The van der Waals surface area contributed by atoms with E-state index in [1.54, 1.807) is 0 Å². The molecule has 2 aliphatic rings. The normalized spacial score (nSPS) is 13.7. The predicted octanol–water partition coefficient (Wildman–Crippen LogP) is 12.9. The van der Waals surface area contributed by atoms with Gasteiger partial charge in [0.15, 0.2) is 5.75 Å². The van der Waals surface area contributed by atoms with E-state index in [0.717, 1.165) is 84.3 Å². The van der Waals surface area contributed by atoms with E-state index in [1.165, 1.54) is 16.7 Å². The summed E-state index contributed by atoms with van der Waals surface area (Å²) in [6.07, 6.45) is 0.